The van der Waals surface area contributed by atoms with Gasteiger partial charge in [0.15, 0.2) is 0 Å². The van der Waals surface area contributed by atoms with Crippen molar-refractivity contribution in [2.75, 3.05) is 7.05 Å². The van der Waals surface area contributed by atoms with Crippen molar-refractivity contribution in [3.05, 3.63) is 68.7 Å². The van der Waals surface area contributed by atoms with E-state index in [4.69, 9.17) is 4.74 Å². The number of thiophene rings is 1. The van der Waals surface area contributed by atoms with Crippen LogP contribution in [0.3, 0.4) is 0 Å². The maximum Gasteiger partial charge on any atom is 0.263 e. The van der Waals surface area contributed by atoms with Gasteiger partial charge in [-0.1, -0.05) is 6.07 Å². The van der Waals surface area contributed by atoms with Gasteiger partial charge in [0.25, 0.3) is 5.91 Å². The SMILES string of the molecule is CCn1ncc(CN(C)C(=O)c2cc(COc3ccc(C)c(C)c3)cs2)c1C. The first-order valence-electron chi connectivity index (χ1n) is 9.43. The molecule has 0 spiro atoms. The lowest BCUT2D eigenvalue weighted by atomic mass is 10.1. The van der Waals surface area contributed by atoms with Crippen LogP contribution in [0.1, 0.15) is 44.5 Å². The van der Waals surface area contributed by atoms with Gasteiger partial charge in [-0.2, -0.15) is 5.10 Å². The van der Waals surface area contributed by atoms with Crippen LogP contribution in [0, 0.1) is 20.8 Å². The Bertz CT molecular complexity index is 974. The van der Waals surface area contributed by atoms with Gasteiger partial charge in [-0.25, -0.2) is 0 Å². The molecule has 0 fully saturated rings. The molecule has 0 aliphatic carbocycles. The number of hydrogen-bond donors (Lipinski definition) is 0. The van der Waals surface area contributed by atoms with E-state index in [0.29, 0.717) is 13.2 Å². The van der Waals surface area contributed by atoms with E-state index in [0.717, 1.165) is 34.0 Å². The van der Waals surface area contributed by atoms with Crippen LogP contribution in [-0.2, 0) is 19.7 Å². The van der Waals surface area contributed by atoms with Gasteiger partial charge in [0.2, 0.25) is 0 Å². The molecule has 0 aliphatic rings. The van der Waals surface area contributed by atoms with Gasteiger partial charge in [0, 0.05) is 37.0 Å². The Morgan fingerprint density at radius 3 is 2.68 bits per heavy atom. The normalized spacial score (nSPS) is 10.9. The van der Waals surface area contributed by atoms with Crippen LogP contribution in [-0.4, -0.2) is 27.6 Å². The highest BCUT2D eigenvalue weighted by Crippen LogP contribution is 2.21. The third kappa shape index (κ3) is 4.44. The predicted molar refractivity (Wildman–Crippen MR) is 113 cm³/mol. The Balaban J connectivity index is 1.61. The van der Waals surface area contributed by atoms with Gasteiger partial charge in [-0.05, 0) is 62.4 Å². The van der Waals surface area contributed by atoms with Gasteiger partial charge in [-0.3, -0.25) is 9.48 Å². The molecule has 3 aromatic rings. The van der Waals surface area contributed by atoms with E-state index in [9.17, 15) is 4.79 Å². The average molecular weight is 398 g/mol. The number of aryl methyl sites for hydroxylation is 3. The summed E-state index contributed by atoms with van der Waals surface area (Å²) in [5, 5.41) is 6.34. The first kappa shape index (κ1) is 20.1. The fourth-order valence-electron chi connectivity index (χ4n) is 3.01. The second kappa shape index (κ2) is 8.61. The Kier molecular flexibility index (Phi) is 6.19. The molecule has 0 saturated carbocycles. The Morgan fingerprint density at radius 1 is 1.21 bits per heavy atom. The number of ether oxygens (including phenoxy) is 1. The Labute approximate surface area is 170 Å². The number of hydrogen-bond acceptors (Lipinski definition) is 4. The van der Waals surface area contributed by atoms with Crippen molar-refractivity contribution in [1.82, 2.24) is 14.7 Å². The molecular formula is C22H27N3O2S. The third-order valence-electron chi connectivity index (χ3n) is 5.01. The quantitative estimate of drug-likeness (QED) is 0.578. The smallest absolute Gasteiger partial charge is 0.263 e. The zero-order valence-corrected chi connectivity index (χ0v) is 18.0. The first-order valence-corrected chi connectivity index (χ1v) is 10.3. The number of carbonyl (C=O) groups excluding carboxylic acids is 1. The maximum absolute atomic E-state index is 12.8. The molecule has 0 radical (unpaired) electrons. The Hall–Kier alpha value is -2.60. The van der Waals surface area contributed by atoms with Crippen LogP contribution in [0.5, 0.6) is 5.75 Å². The standard InChI is InChI=1S/C22H27N3O2S/c1-6-25-17(4)19(11-23-25)12-24(5)22(26)21-10-18(14-28-21)13-27-20-8-7-15(2)16(3)9-20/h7-11,14H,6,12-13H2,1-5H3. The lowest BCUT2D eigenvalue weighted by molar-refractivity contribution is 0.0789. The first-order chi connectivity index (χ1) is 13.4. The molecule has 2 aromatic heterocycles. The van der Waals surface area contributed by atoms with Crippen LogP contribution < -0.4 is 4.74 Å². The van der Waals surface area contributed by atoms with Crippen molar-refractivity contribution in [1.29, 1.82) is 0 Å². The topological polar surface area (TPSA) is 47.4 Å². The summed E-state index contributed by atoms with van der Waals surface area (Å²) in [4.78, 5) is 15.2. The summed E-state index contributed by atoms with van der Waals surface area (Å²) in [6, 6.07) is 8.01. The van der Waals surface area contributed by atoms with Crippen LogP contribution in [0.25, 0.3) is 0 Å². The average Bonchev–Trinajstić information content (AvgIpc) is 3.29. The number of amides is 1. The van der Waals surface area contributed by atoms with Crippen LogP contribution in [0.15, 0.2) is 35.8 Å². The fraction of sp³-hybridized carbons (Fsp3) is 0.364. The summed E-state index contributed by atoms with van der Waals surface area (Å²) in [5.41, 5.74) is 5.65. The Morgan fingerprint density at radius 2 is 2.00 bits per heavy atom. The second-order valence-corrected chi connectivity index (χ2v) is 8.00. The number of aromatic nitrogens is 2. The number of benzene rings is 1. The van der Waals surface area contributed by atoms with Gasteiger partial charge >= 0.3 is 0 Å². The molecule has 0 N–H and O–H groups in total. The summed E-state index contributed by atoms with van der Waals surface area (Å²) in [7, 11) is 1.83. The van der Waals surface area contributed by atoms with E-state index in [1.54, 1.807) is 4.90 Å². The van der Waals surface area contributed by atoms with Crippen LogP contribution in [0.2, 0.25) is 0 Å². The van der Waals surface area contributed by atoms with Crippen LogP contribution in [0.4, 0.5) is 0 Å². The zero-order chi connectivity index (χ0) is 20.3. The summed E-state index contributed by atoms with van der Waals surface area (Å²) >= 11 is 1.46. The van der Waals surface area contributed by atoms with Crippen LogP contribution >= 0.6 is 11.3 Å². The monoisotopic (exact) mass is 397 g/mol. The van der Waals surface area contributed by atoms with E-state index < -0.39 is 0 Å². The molecular weight excluding hydrogens is 370 g/mol. The van der Waals surface area contributed by atoms with E-state index in [1.807, 2.05) is 48.4 Å². The summed E-state index contributed by atoms with van der Waals surface area (Å²) < 4.78 is 7.82. The molecule has 148 valence electrons. The highest BCUT2D eigenvalue weighted by molar-refractivity contribution is 7.12. The predicted octanol–water partition coefficient (Wildman–Crippen LogP) is 4.74. The van der Waals surface area contributed by atoms with Crippen molar-refractivity contribution >= 4 is 17.2 Å². The molecule has 6 heteroatoms. The van der Waals surface area contributed by atoms with E-state index in [2.05, 4.69) is 31.9 Å². The number of rotatable bonds is 7. The summed E-state index contributed by atoms with van der Waals surface area (Å²) in [6.45, 7) is 10.1. The molecule has 0 atom stereocenters. The second-order valence-electron chi connectivity index (χ2n) is 7.09. The lowest BCUT2D eigenvalue weighted by Gasteiger charge is -2.16. The lowest BCUT2D eigenvalue weighted by Crippen LogP contribution is -2.25. The molecule has 0 unspecified atom stereocenters. The zero-order valence-electron chi connectivity index (χ0n) is 17.2. The van der Waals surface area contributed by atoms with Crippen molar-refractivity contribution in [2.24, 2.45) is 0 Å². The fourth-order valence-corrected chi connectivity index (χ4v) is 3.90. The molecule has 2 heterocycles. The van der Waals surface area contributed by atoms with E-state index in [1.165, 1.54) is 22.5 Å². The molecule has 0 bridgehead atoms. The molecule has 0 saturated heterocycles. The maximum atomic E-state index is 12.8. The van der Waals surface area contributed by atoms with Crippen molar-refractivity contribution in [3.8, 4) is 5.75 Å². The molecule has 3 rings (SSSR count). The third-order valence-corrected chi connectivity index (χ3v) is 5.97. The van der Waals surface area contributed by atoms with E-state index >= 15 is 0 Å². The molecule has 0 aliphatic heterocycles. The minimum atomic E-state index is 0.0195. The van der Waals surface area contributed by atoms with Crippen molar-refractivity contribution < 1.29 is 9.53 Å². The highest BCUT2D eigenvalue weighted by atomic mass is 32.1. The van der Waals surface area contributed by atoms with Crippen molar-refractivity contribution in [3.63, 3.8) is 0 Å². The molecule has 5 nitrogen and oxygen atoms in total. The molecule has 1 amide bonds. The van der Waals surface area contributed by atoms with Gasteiger partial charge in [-0.15, -0.1) is 11.3 Å². The molecule has 28 heavy (non-hydrogen) atoms. The van der Waals surface area contributed by atoms with Gasteiger partial charge in [0.1, 0.15) is 12.4 Å². The van der Waals surface area contributed by atoms with E-state index in [-0.39, 0.29) is 5.91 Å². The molecule has 1 aromatic carbocycles. The van der Waals surface area contributed by atoms with Gasteiger partial charge < -0.3 is 9.64 Å². The highest BCUT2D eigenvalue weighted by Gasteiger charge is 2.17. The largest absolute Gasteiger partial charge is 0.489 e. The summed E-state index contributed by atoms with van der Waals surface area (Å²) in [6.07, 6.45) is 1.85. The summed E-state index contributed by atoms with van der Waals surface area (Å²) in [5.74, 6) is 0.869. The number of nitrogens with zero attached hydrogens (tertiary/aromatic N) is 3. The minimum absolute atomic E-state index is 0.0195. The number of carbonyl (C=O) groups is 1. The van der Waals surface area contributed by atoms with Gasteiger partial charge in [0.05, 0.1) is 11.1 Å². The minimum Gasteiger partial charge on any atom is -0.489 e. The van der Waals surface area contributed by atoms with Crippen molar-refractivity contribution in [2.45, 2.75) is 47.4 Å².